The predicted octanol–water partition coefficient (Wildman–Crippen LogP) is -0.158. The van der Waals surface area contributed by atoms with Crippen molar-refractivity contribution < 1.29 is 18.3 Å². The molecular formula is C9H14F2N2O2. The van der Waals surface area contributed by atoms with Gasteiger partial charge in [0.1, 0.15) is 6.04 Å². The average Bonchev–Trinajstić information content (AvgIpc) is 2.59. The van der Waals surface area contributed by atoms with Crippen LogP contribution in [0, 0.1) is 0 Å². The third kappa shape index (κ3) is 2.43. The van der Waals surface area contributed by atoms with Crippen LogP contribution in [0.2, 0.25) is 0 Å². The smallest absolute Gasteiger partial charge is 0.267 e. The molecule has 1 amide bonds. The molecule has 0 bridgehead atoms. The van der Waals surface area contributed by atoms with Crippen molar-refractivity contribution in [3.8, 4) is 0 Å². The fourth-order valence-corrected chi connectivity index (χ4v) is 1.87. The number of carbonyl (C=O) groups is 1. The standard InChI is InChI=1S/C9H14F2N2O2/c10-9(11)1-3-13(6-9)8(14)7-5-15-4-2-12-7/h7,12H,1-6H2. The summed E-state index contributed by atoms with van der Waals surface area (Å²) in [4.78, 5) is 13.0. The summed E-state index contributed by atoms with van der Waals surface area (Å²) in [5.41, 5.74) is 0. The molecule has 2 rings (SSSR count). The van der Waals surface area contributed by atoms with Crippen molar-refractivity contribution in [1.82, 2.24) is 10.2 Å². The third-order valence-electron chi connectivity index (χ3n) is 2.70. The molecule has 2 aliphatic heterocycles. The molecule has 0 aromatic rings. The van der Waals surface area contributed by atoms with Crippen LogP contribution in [-0.4, -0.2) is 55.6 Å². The highest BCUT2D eigenvalue weighted by Gasteiger charge is 2.42. The van der Waals surface area contributed by atoms with Crippen molar-refractivity contribution in [2.24, 2.45) is 0 Å². The first-order valence-corrected chi connectivity index (χ1v) is 5.06. The minimum absolute atomic E-state index is 0.143. The first-order valence-electron chi connectivity index (χ1n) is 5.06. The minimum atomic E-state index is -2.72. The van der Waals surface area contributed by atoms with Crippen LogP contribution >= 0.6 is 0 Å². The lowest BCUT2D eigenvalue weighted by Crippen LogP contribution is -2.52. The van der Waals surface area contributed by atoms with Crippen LogP contribution in [-0.2, 0) is 9.53 Å². The highest BCUT2D eigenvalue weighted by atomic mass is 19.3. The van der Waals surface area contributed by atoms with Gasteiger partial charge in [-0.05, 0) is 0 Å². The number of carbonyl (C=O) groups excluding carboxylic acids is 1. The van der Waals surface area contributed by atoms with Gasteiger partial charge in [0, 0.05) is 19.5 Å². The van der Waals surface area contributed by atoms with E-state index in [4.69, 9.17) is 4.74 Å². The summed E-state index contributed by atoms with van der Waals surface area (Å²) in [6, 6.07) is -0.451. The van der Waals surface area contributed by atoms with Gasteiger partial charge in [-0.1, -0.05) is 0 Å². The van der Waals surface area contributed by atoms with Crippen molar-refractivity contribution >= 4 is 5.91 Å². The van der Waals surface area contributed by atoms with Crippen LogP contribution in [0.15, 0.2) is 0 Å². The van der Waals surface area contributed by atoms with Crippen molar-refractivity contribution in [3.05, 3.63) is 0 Å². The second-order valence-electron chi connectivity index (χ2n) is 3.95. The van der Waals surface area contributed by atoms with Crippen molar-refractivity contribution in [2.75, 3.05) is 32.8 Å². The summed E-state index contributed by atoms with van der Waals surface area (Å²) in [5.74, 6) is -2.99. The lowest BCUT2D eigenvalue weighted by atomic mass is 10.2. The zero-order valence-corrected chi connectivity index (χ0v) is 8.34. The van der Waals surface area contributed by atoms with Crippen LogP contribution in [0.3, 0.4) is 0 Å². The number of morpholine rings is 1. The summed E-state index contributed by atoms with van der Waals surface area (Å²) in [6.45, 7) is 1.13. The second kappa shape index (κ2) is 4.02. The van der Waals surface area contributed by atoms with E-state index in [1.165, 1.54) is 4.90 Å². The Bertz CT molecular complexity index is 254. The maximum Gasteiger partial charge on any atom is 0.267 e. The number of halogens is 2. The van der Waals surface area contributed by atoms with E-state index in [-0.39, 0.29) is 25.5 Å². The maximum absolute atomic E-state index is 12.9. The molecule has 15 heavy (non-hydrogen) atoms. The SMILES string of the molecule is O=C(C1COCCN1)N1CCC(F)(F)C1. The first kappa shape index (κ1) is 10.8. The molecular weight excluding hydrogens is 206 g/mol. The summed E-state index contributed by atoms with van der Waals surface area (Å²) < 4.78 is 30.9. The van der Waals surface area contributed by atoms with E-state index < -0.39 is 18.5 Å². The van der Waals surface area contributed by atoms with Gasteiger partial charge in [-0.25, -0.2) is 8.78 Å². The van der Waals surface area contributed by atoms with Crippen molar-refractivity contribution in [3.63, 3.8) is 0 Å². The van der Waals surface area contributed by atoms with E-state index in [1.807, 2.05) is 0 Å². The molecule has 1 N–H and O–H groups in total. The number of alkyl halides is 2. The lowest BCUT2D eigenvalue weighted by Gasteiger charge is -2.27. The number of nitrogens with zero attached hydrogens (tertiary/aromatic N) is 1. The van der Waals surface area contributed by atoms with Crippen LogP contribution in [0.5, 0.6) is 0 Å². The highest BCUT2D eigenvalue weighted by Crippen LogP contribution is 2.27. The summed E-state index contributed by atoms with van der Waals surface area (Å²) in [7, 11) is 0. The fourth-order valence-electron chi connectivity index (χ4n) is 1.87. The highest BCUT2D eigenvalue weighted by molar-refractivity contribution is 5.82. The third-order valence-corrected chi connectivity index (χ3v) is 2.70. The predicted molar refractivity (Wildman–Crippen MR) is 48.8 cm³/mol. The van der Waals surface area contributed by atoms with Crippen LogP contribution in [0.1, 0.15) is 6.42 Å². The quantitative estimate of drug-likeness (QED) is 0.667. The Morgan fingerprint density at radius 1 is 1.53 bits per heavy atom. The molecule has 1 unspecified atom stereocenters. The molecule has 4 nitrogen and oxygen atoms in total. The van der Waals surface area contributed by atoms with Gasteiger partial charge < -0.3 is 15.0 Å². The van der Waals surface area contributed by atoms with Gasteiger partial charge in [-0.15, -0.1) is 0 Å². The first-order chi connectivity index (χ1) is 7.08. The van der Waals surface area contributed by atoms with Gasteiger partial charge in [-0.2, -0.15) is 0 Å². The molecule has 0 aliphatic carbocycles. The Morgan fingerprint density at radius 2 is 2.33 bits per heavy atom. The topological polar surface area (TPSA) is 41.6 Å². The molecule has 0 radical (unpaired) electrons. The van der Waals surface area contributed by atoms with E-state index in [0.717, 1.165) is 0 Å². The summed E-state index contributed by atoms with van der Waals surface area (Å²) >= 11 is 0. The van der Waals surface area contributed by atoms with E-state index >= 15 is 0 Å². The van der Waals surface area contributed by atoms with Gasteiger partial charge in [-0.3, -0.25) is 4.79 Å². The van der Waals surface area contributed by atoms with Gasteiger partial charge >= 0.3 is 0 Å². The molecule has 1 atom stereocenters. The zero-order valence-electron chi connectivity index (χ0n) is 8.34. The molecule has 2 aliphatic rings. The molecule has 0 aromatic heterocycles. The van der Waals surface area contributed by atoms with Crippen LogP contribution in [0.25, 0.3) is 0 Å². The molecule has 0 spiro atoms. The average molecular weight is 220 g/mol. The minimum Gasteiger partial charge on any atom is -0.378 e. The largest absolute Gasteiger partial charge is 0.378 e. The van der Waals surface area contributed by atoms with Gasteiger partial charge in [0.15, 0.2) is 0 Å². The lowest BCUT2D eigenvalue weighted by molar-refractivity contribution is -0.136. The second-order valence-corrected chi connectivity index (χ2v) is 3.95. The molecule has 86 valence electrons. The number of amides is 1. The van der Waals surface area contributed by atoms with Crippen molar-refractivity contribution in [1.29, 1.82) is 0 Å². The fraction of sp³-hybridized carbons (Fsp3) is 0.889. The molecule has 0 saturated carbocycles. The summed E-state index contributed by atoms with van der Waals surface area (Å²) in [5, 5.41) is 2.96. The molecule has 2 saturated heterocycles. The Kier molecular flexibility index (Phi) is 2.88. The van der Waals surface area contributed by atoms with E-state index in [9.17, 15) is 13.6 Å². The number of nitrogens with one attached hydrogen (secondary N) is 1. The molecule has 0 aromatic carbocycles. The Morgan fingerprint density at radius 3 is 2.87 bits per heavy atom. The maximum atomic E-state index is 12.9. The number of ether oxygens (including phenoxy) is 1. The summed E-state index contributed by atoms with van der Waals surface area (Å²) in [6.07, 6.45) is -0.230. The number of likely N-dealkylation sites (tertiary alicyclic amines) is 1. The van der Waals surface area contributed by atoms with Gasteiger partial charge in [0.05, 0.1) is 19.8 Å². The van der Waals surface area contributed by atoms with Crippen LogP contribution < -0.4 is 5.32 Å². The van der Waals surface area contributed by atoms with Gasteiger partial charge in [0.25, 0.3) is 5.92 Å². The Labute approximate surface area is 86.6 Å². The molecule has 2 fully saturated rings. The Hall–Kier alpha value is -0.750. The van der Waals surface area contributed by atoms with E-state index in [1.54, 1.807) is 0 Å². The van der Waals surface area contributed by atoms with Gasteiger partial charge in [0.2, 0.25) is 5.91 Å². The van der Waals surface area contributed by atoms with Crippen molar-refractivity contribution in [2.45, 2.75) is 18.4 Å². The number of hydrogen-bond donors (Lipinski definition) is 1. The molecule has 6 heteroatoms. The zero-order chi connectivity index (χ0) is 10.9. The van der Waals surface area contributed by atoms with E-state index in [2.05, 4.69) is 5.32 Å². The number of hydrogen-bond acceptors (Lipinski definition) is 3. The Balaban J connectivity index is 1.90. The van der Waals surface area contributed by atoms with Crippen LogP contribution in [0.4, 0.5) is 8.78 Å². The van der Waals surface area contributed by atoms with E-state index in [0.29, 0.717) is 13.2 Å². The number of rotatable bonds is 1. The normalized spacial score (nSPS) is 30.5. The molecule has 2 heterocycles. The monoisotopic (exact) mass is 220 g/mol.